The van der Waals surface area contributed by atoms with Gasteiger partial charge >= 0.3 is 0 Å². The lowest BCUT2D eigenvalue weighted by Crippen LogP contribution is -2.33. The molecule has 2 N–H and O–H groups in total. The number of amides is 1. The number of hydrogen-bond acceptors (Lipinski definition) is 3. The van der Waals surface area contributed by atoms with E-state index in [0.29, 0.717) is 0 Å². The highest BCUT2D eigenvalue weighted by molar-refractivity contribution is 5.74. The summed E-state index contributed by atoms with van der Waals surface area (Å²) in [6.07, 6.45) is 2.09. The predicted molar refractivity (Wildman–Crippen MR) is 39.9 cm³/mol. The molecule has 0 bridgehead atoms. The lowest BCUT2D eigenvalue weighted by Gasteiger charge is -2.21. The maximum atomic E-state index is 10.2. The Morgan fingerprint density at radius 1 is 1.55 bits per heavy atom. The van der Waals surface area contributed by atoms with Crippen LogP contribution < -0.4 is 11.1 Å². The van der Waals surface area contributed by atoms with Crippen LogP contribution in [0.2, 0.25) is 0 Å². The zero-order chi connectivity index (χ0) is 8.10. The van der Waals surface area contributed by atoms with Crippen LogP contribution in [0.15, 0.2) is 0 Å². The zero-order valence-corrected chi connectivity index (χ0v) is 6.43. The molecule has 0 saturated carbocycles. The molecule has 1 saturated heterocycles. The Bertz CT molecular complexity index is 132. The summed E-state index contributed by atoms with van der Waals surface area (Å²) in [6.45, 7) is 1.86. The van der Waals surface area contributed by atoms with E-state index < -0.39 is 5.91 Å². The second-order valence-corrected chi connectivity index (χ2v) is 2.68. The number of carbonyl (C=O) groups is 1. The summed E-state index contributed by atoms with van der Waals surface area (Å²) in [5.41, 5.74) is 6.62. The van der Waals surface area contributed by atoms with Crippen LogP contribution in [0.1, 0.15) is 12.8 Å². The summed E-state index contributed by atoms with van der Waals surface area (Å²) in [5, 5.41) is 3.19. The second kappa shape index (κ2) is 4.31. The summed E-state index contributed by atoms with van der Waals surface area (Å²) in [7, 11) is 0. The lowest BCUT2D eigenvalue weighted by molar-refractivity contribution is -0.125. The van der Waals surface area contributed by atoms with Crippen LogP contribution in [0.4, 0.5) is 0 Å². The molecule has 1 heterocycles. The van der Waals surface area contributed by atoms with Gasteiger partial charge in [0.15, 0.2) is 0 Å². The van der Waals surface area contributed by atoms with Crippen molar-refractivity contribution in [1.82, 2.24) is 11.1 Å². The van der Waals surface area contributed by atoms with Crippen molar-refractivity contribution in [2.24, 2.45) is 0 Å². The minimum atomic E-state index is -0.636. The fourth-order valence-corrected chi connectivity index (χ4v) is 1.16. The van der Waals surface area contributed by atoms with Crippen molar-refractivity contribution >= 4 is 5.91 Å². The Morgan fingerprint density at radius 2 is 2.18 bits per heavy atom. The van der Waals surface area contributed by atoms with Gasteiger partial charge in [0, 0.05) is 0 Å². The van der Waals surface area contributed by atoms with Gasteiger partial charge in [0.1, 0.15) is 6.61 Å². The highest BCUT2D eigenvalue weighted by Gasteiger charge is 2.13. The minimum Gasteiger partial charge on any atom is -0.368 e. The monoisotopic (exact) mass is 157 g/mol. The van der Waals surface area contributed by atoms with Crippen LogP contribution in [0.3, 0.4) is 0 Å². The maximum absolute atomic E-state index is 10.2. The third-order valence-electron chi connectivity index (χ3n) is 1.74. The fraction of sp³-hybridized carbons (Fsp3) is 0.857. The number of piperidine rings is 1. The Morgan fingerprint density at radius 3 is 2.73 bits per heavy atom. The third kappa shape index (κ3) is 3.34. The van der Waals surface area contributed by atoms with Gasteiger partial charge < -0.3 is 10.1 Å². The molecule has 0 spiro atoms. The van der Waals surface area contributed by atoms with E-state index in [2.05, 4.69) is 5.32 Å². The van der Waals surface area contributed by atoms with Gasteiger partial charge in [0.05, 0.1) is 6.10 Å². The molecule has 1 aliphatic rings. The summed E-state index contributed by atoms with van der Waals surface area (Å²) in [4.78, 5) is 10.2. The molecule has 11 heavy (non-hydrogen) atoms. The van der Waals surface area contributed by atoms with Crippen LogP contribution in [-0.4, -0.2) is 31.7 Å². The van der Waals surface area contributed by atoms with E-state index in [4.69, 9.17) is 10.5 Å². The minimum absolute atomic E-state index is 0.0509. The van der Waals surface area contributed by atoms with Gasteiger partial charge in [-0.15, -0.1) is 0 Å². The number of carbonyl (C=O) groups excluding carboxylic acids is 1. The normalized spacial score (nSPS) is 20.0. The molecule has 1 radical (unpaired) electrons. The average Bonchev–Trinajstić information content (AvgIpc) is 2.03. The maximum Gasteiger partial charge on any atom is 0.264 e. The van der Waals surface area contributed by atoms with Crippen LogP contribution in [0.25, 0.3) is 0 Å². The van der Waals surface area contributed by atoms with Gasteiger partial charge in [-0.05, 0) is 25.9 Å². The van der Waals surface area contributed by atoms with E-state index in [1.807, 2.05) is 0 Å². The molecule has 0 unspecified atom stereocenters. The van der Waals surface area contributed by atoms with Crippen molar-refractivity contribution in [3.63, 3.8) is 0 Å². The average molecular weight is 157 g/mol. The molecular formula is C7H13N2O2. The third-order valence-corrected chi connectivity index (χ3v) is 1.74. The molecule has 4 nitrogen and oxygen atoms in total. The summed E-state index contributed by atoms with van der Waals surface area (Å²) < 4.78 is 5.17. The first-order valence-electron chi connectivity index (χ1n) is 3.86. The Hall–Kier alpha value is -0.610. The molecule has 0 aliphatic carbocycles. The highest BCUT2D eigenvalue weighted by atomic mass is 16.5. The number of hydrogen-bond donors (Lipinski definition) is 1. The molecule has 1 fully saturated rings. The van der Waals surface area contributed by atoms with Crippen molar-refractivity contribution in [1.29, 1.82) is 0 Å². The van der Waals surface area contributed by atoms with E-state index in [9.17, 15) is 4.79 Å². The molecule has 1 rings (SSSR count). The fourth-order valence-electron chi connectivity index (χ4n) is 1.16. The van der Waals surface area contributed by atoms with E-state index in [1.165, 1.54) is 0 Å². The highest BCUT2D eigenvalue weighted by Crippen LogP contribution is 2.06. The van der Waals surface area contributed by atoms with Gasteiger partial charge in [-0.3, -0.25) is 10.5 Å². The van der Waals surface area contributed by atoms with Crippen LogP contribution in [0, 0.1) is 0 Å². The summed E-state index contributed by atoms with van der Waals surface area (Å²) >= 11 is 0. The van der Waals surface area contributed by atoms with Crippen molar-refractivity contribution in [3.8, 4) is 0 Å². The molecule has 4 heteroatoms. The molecule has 0 aromatic carbocycles. The number of rotatable bonds is 3. The van der Waals surface area contributed by atoms with Gasteiger partial charge in [0.2, 0.25) is 0 Å². The van der Waals surface area contributed by atoms with Gasteiger partial charge in [-0.25, -0.2) is 0 Å². The first-order chi connectivity index (χ1) is 5.29. The molecular weight excluding hydrogens is 144 g/mol. The van der Waals surface area contributed by atoms with E-state index in [0.717, 1.165) is 25.9 Å². The van der Waals surface area contributed by atoms with E-state index in [-0.39, 0.29) is 12.7 Å². The van der Waals surface area contributed by atoms with Crippen molar-refractivity contribution in [3.05, 3.63) is 0 Å². The van der Waals surface area contributed by atoms with E-state index in [1.54, 1.807) is 0 Å². The molecule has 1 amide bonds. The van der Waals surface area contributed by atoms with Gasteiger partial charge in [-0.1, -0.05) is 0 Å². The SMILES string of the molecule is [NH]C(=O)COC1CCNCC1. The first-order valence-corrected chi connectivity index (χ1v) is 3.86. The molecule has 0 aromatic heterocycles. The smallest absolute Gasteiger partial charge is 0.264 e. The quantitative estimate of drug-likeness (QED) is 0.604. The Balaban J connectivity index is 2.09. The Labute approximate surface area is 66.1 Å². The standard InChI is InChI=1S/C7H13N2O2/c8-7(10)5-11-6-1-3-9-4-2-6/h6,8-9H,1-5H2. The van der Waals surface area contributed by atoms with Crippen LogP contribution >= 0.6 is 0 Å². The van der Waals surface area contributed by atoms with Gasteiger partial charge in [0.25, 0.3) is 5.91 Å². The largest absolute Gasteiger partial charge is 0.368 e. The van der Waals surface area contributed by atoms with Gasteiger partial charge in [-0.2, -0.15) is 0 Å². The lowest BCUT2D eigenvalue weighted by atomic mass is 10.1. The Kier molecular flexibility index (Phi) is 3.32. The molecule has 0 atom stereocenters. The molecule has 63 valence electrons. The van der Waals surface area contributed by atoms with Crippen molar-refractivity contribution in [2.45, 2.75) is 18.9 Å². The van der Waals surface area contributed by atoms with Crippen molar-refractivity contribution < 1.29 is 9.53 Å². The zero-order valence-electron chi connectivity index (χ0n) is 6.43. The predicted octanol–water partition coefficient (Wildman–Crippen LogP) is -0.436. The number of nitrogens with one attached hydrogen (secondary N) is 2. The summed E-state index contributed by atoms with van der Waals surface area (Å²) in [5.74, 6) is -0.636. The second-order valence-electron chi connectivity index (χ2n) is 2.68. The van der Waals surface area contributed by atoms with Crippen LogP contribution in [-0.2, 0) is 9.53 Å². The van der Waals surface area contributed by atoms with E-state index >= 15 is 0 Å². The number of ether oxygens (including phenoxy) is 1. The topological polar surface area (TPSA) is 62.1 Å². The van der Waals surface area contributed by atoms with Crippen molar-refractivity contribution in [2.75, 3.05) is 19.7 Å². The molecule has 1 aliphatic heterocycles. The first kappa shape index (κ1) is 8.49. The van der Waals surface area contributed by atoms with Crippen LogP contribution in [0.5, 0.6) is 0 Å². The molecule has 0 aromatic rings. The summed E-state index contributed by atoms with van der Waals surface area (Å²) in [6, 6.07) is 0.